The van der Waals surface area contributed by atoms with Gasteiger partial charge in [0.2, 0.25) is 0 Å². The third kappa shape index (κ3) is 6.49. The van der Waals surface area contributed by atoms with Gasteiger partial charge in [-0.3, -0.25) is 24.0 Å². The second-order valence-electron chi connectivity index (χ2n) is 9.94. The molecule has 2 aliphatic rings. The normalized spacial score (nSPS) is 18.1. The summed E-state index contributed by atoms with van der Waals surface area (Å²) >= 11 is 7.09. The number of hydrogen-bond donors (Lipinski definition) is 1. The van der Waals surface area contributed by atoms with Crippen LogP contribution in [-0.2, 0) is 4.74 Å². The predicted molar refractivity (Wildman–Crippen MR) is 155 cm³/mol. The van der Waals surface area contributed by atoms with Crippen molar-refractivity contribution in [2.24, 2.45) is 0 Å². The zero-order chi connectivity index (χ0) is 28.2. The monoisotopic (exact) mass is 585 g/mol. The highest BCUT2D eigenvalue weighted by molar-refractivity contribution is 7.18. The van der Waals surface area contributed by atoms with Gasteiger partial charge < -0.3 is 19.7 Å². The first kappa shape index (κ1) is 28.2. The number of carbonyl (C=O) groups is 2. The molecular weight excluding hydrogens is 554 g/mol. The van der Waals surface area contributed by atoms with Crippen LogP contribution >= 0.6 is 22.9 Å². The Balaban J connectivity index is 1.20. The van der Waals surface area contributed by atoms with Gasteiger partial charge in [0.25, 0.3) is 11.5 Å². The number of halogens is 1. The number of aromatic nitrogens is 1. The number of likely N-dealkylation sites (N-methyl/N-ethyl adjacent to an activating group) is 1. The number of rotatable bonds is 9. The molecule has 0 unspecified atom stereocenters. The van der Waals surface area contributed by atoms with Gasteiger partial charge in [0.15, 0.2) is 5.75 Å². The van der Waals surface area contributed by atoms with E-state index in [1.54, 1.807) is 41.1 Å². The number of amides is 2. The maximum Gasteiger partial charge on any atom is 0.414 e. The number of nitrogens with one attached hydrogen (secondary N) is 1. The summed E-state index contributed by atoms with van der Waals surface area (Å²) in [7, 11) is 2.12. The minimum atomic E-state index is -0.492. The Hall–Kier alpha value is -3.38. The molecule has 0 bridgehead atoms. The summed E-state index contributed by atoms with van der Waals surface area (Å²) in [6.07, 6.45) is 0.731. The van der Waals surface area contributed by atoms with E-state index >= 15 is 0 Å². The predicted octanol–water partition coefficient (Wildman–Crippen LogP) is 3.24. The molecule has 40 heavy (non-hydrogen) atoms. The second kappa shape index (κ2) is 12.4. The minimum absolute atomic E-state index is 0.185. The first-order chi connectivity index (χ1) is 19.3. The maximum absolute atomic E-state index is 13.2. The molecule has 5 rings (SSSR count). The molecular formula is C28H32ClN5O5S. The lowest BCUT2D eigenvalue weighted by Gasteiger charge is -2.32. The number of ether oxygens (including phenoxy) is 2. The average molecular weight is 586 g/mol. The average Bonchev–Trinajstić information content (AvgIpc) is 3.55. The Labute approximate surface area is 241 Å². The molecule has 0 radical (unpaired) electrons. The molecule has 2 amide bonds. The molecule has 212 valence electrons. The summed E-state index contributed by atoms with van der Waals surface area (Å²) in [6, 6.07) is 12.2. The van der Waals surface area contributed by atoms with Crippen LogP contribution in [0.5, 0.6) is 5.75 Å². The molecule has 12 heteroatoms. The van der Waals surface area contributed by atoms with Crippen molar-refractivity contribution in [2.75, 3.05) is 64.4 Å². The van der Waals surface area contributed by atoms with Crippen LogP contribution in [0.3, 0.4) is 0 Å². The van der Waals surface area contributed by atoms with Crippen molar-refractivity contribution >= 4 is 40.6 Å². The molecule has 2 fully saturated rings. The number of cyclic esters (lactones) is 1. The molecule has 4 heterocycles. The molecule has 3 aromatic rings. The number of anilines is 1. The van der Waals surface area contributed by atoms with Gasteiger partial charge >= 0.3 is 6.09 Å². The van der Waals surface area contributed by atoms with Crippen LogP contribution in [0.25, 0.3) is 5.69 Å². The smallest absolute Gasteiger partial charge is 0.414 e. The highest BCUT2D eigenvalue weighted by Gasteiger charge is 2.33. The third-order valence-electron chi connectivity index (χ3n) is 7.09. The van der Waals surface area contributed by atoms with Crippen molar-refractivity contribution in [3.63, 3.8) is 0 Å². The van der Waals surface area contributed by atoms with Gasteiger partial charge in [-0.15, -0.1) is 11.3 Å². The fourth-order valence-corrected chi connectivity index (χ4v) is 5.74. The topological polar surface area (TPSA) is 96.3 Å². The Morgan fingerprint density at radius 1 is 1.15 bits per heavy atom. The molecule has 1 aromatic carbocycles. The van der Waals surface area contributed by atoms with E-state index in [1.807, 2.05) is 19.1 Å². The lowest BCUT2D eigenvalue weighted by molar-refractivity contribution is 0.0920. The van der Waals surface area contributed by atoms with E-state index in [0.717, 1.165) is 38.3 Å². The minimum Gasteiger partial charge on any atom is -0.487 e. The molecule has 10 nitrogen and oxygen atoms in total. The van der Waals surface area contributed by atoms with E-state index < -0.39 is 12.2 Å². The van der Waals surface area contributed by atoms with E-state index in [1.165, 1.54) is 16.2 Å². The number of piperazine rings is 1. The van der Waals surface area contributed by atoms with E-state index in [-0.39, 0.29) is 18.0 Å². The molecule has 1 atom stereocenters. The van der Waals surface area contributed by atoms with Crippen molar-refractivity contribution in [1.29, 1.82) is 0 Å². The van der Waals surface area contributed by atoms with Gasteiger partial charge in [-0.05, 0) is 62.0 Å². The molecule has 1 N–H and O–H groups in total. The van der Waals surface area contributed by atoms with Gasteiger partial charge in [-0.1, -0.05) is 11.6 Å². The van der Waals surface area contributed by atoms with Crippen LogP contribution in [0, 0.1) is 6.92 Å². The van der Waals surface area contributed by atoms with Crippen molar-refractivity contribution in [3.05, 3.63) is 73.8 Å². The van der Waals surface area contributed by atoms with Crippen molar-refractivity contribution in [1.82, 2.24) is 19.7 Å². The van der Waals surface area contributed by atoms with Crippen LogP contribution in [0.15, 0.2) is 53.5 Å². The molecule has 0 spiro atoms. The van der Waals surface area contributed by atoms with Gasteiger partial charge in [0.1, 0.15) is 12.7 Å². The maximum atomic E-state index is 13.2. The standard InChI is InChI=1S/C28H32ClN5O5S/c1-19-16-20(34-18-21(39-28(34)37)17-30-26(35)24-7-8-25(29)40-24)5-6-22(19)33-9-3-4-23(27(33)36)38-15-14-32-12-10-31(2)11-13-32/h3-9,16,21H,10-15,17-18H2,1-2H3,(H,30,35)/t21-/m0/s1. The number of hydrogen-bond acceptors (Lipinski definition) is 8. The summed E-state index contributed by atoms with van der Waals surface area (Å²) in [5.41, 5.74) is 1.93. The Morgan fingerprint density at radius 3 is 2.67 bits per heavy atom. The summed E-state index contributed by atoms with van der Waals surface area (Å²) < 4.78 is 13.4. The summed E-state index contributed by atoms with van der Waals surface area (Å²) in [5.74, 6) is 0.0421. The van der Waals surface area contributed by atoms with Crippen molar-refractivity contribution in [2.45, 2.75) is 13.0 Å². The van der Waals surface area contributed by atoms with Crippen LogP contribution in [0.4, 0.5) is 10.5 Å². The molecule has 2 saturated heterocycles. The zero-order valence-corrected chi connectivity index (χ0v) is 24.0. The molecule has 2 aromatic heterocycles. The summed E-state index contributed by atoms with van der Waals surface area (Å²) in [5, 5.41) is 2.79. The quantitative estimate of drug-likeness (QED) is 0.412. The van der Waals surface area contributed by atoms with Crippen LogP contribution in [0.1, 0.15) is 15.2 Å². The molecule has 2 aliphatic heterocycles. The van der Waals surface area contributed by atoms with Gasteiger partial charge in [0.05, 0.1) is 28.0 Å². The van der Waals surface area contributed by atoms with Crippen molar-refractivity contribution < 1.29 is 19.1 Å². The number of aryl methyl sites for hydroxylation is 1. The highest BCUT2D eigenvalue weighted by atomic mass is 35.5. The Kier molecular flexibility index (Phi) is 8.75. The highest BCUT2D eigenvalue weighted by Crippen LogP contribution is 2.26. The summed E-state index contributed by atoms with van der Waals surface area (Å²) in [6.45, 7) is 7.64. The lowest BCUT2D eigenvalue weighted by Crippen LogP contribution is -2.45. The first-order valence-electron chi connectivity index (χ1n) is 13.2. The van der Waals surface area contributed by atoms with E-state index in [0.29, 0.717) is 39.5 Å². The number of benzene rings is 1. The van der Waals surface area contributed by atoms with Crippen LogP contribution < -0.4 is 20.5 Å². The molecule has 0 saturated carbocycles. The Morgan fingerprint density at radius 2 is 1.95 bits per heavy atom. The Bertz CT molecular complexity index is 1430. The third-order valence-corrected chi connectivity index (χ3v) is 8.32. The fourth-order valence-electron chi connectivity index (χ4n) is 4.78. The SMILES string of the molecule is Cc1cc(N2C[C@H](CNC(=O)c3ccc(Cl)s3)OC2=O)ccc1-n1cccc(OCCN2CCN(C)CC2)c1=O. The first-order valence-corrected chi connectivity index (χ1v) is 14.4. The second-order valence-corrected chi connectivity index (χ2v) is 11.7. The van der Waals surface area contributed by atoms with Gasteiger partial charge in [-0.2, -0.15) is 0 Å². The van der Waals surface area contributed by atoms with Crippen LogP contribution in [0.2, 0.25) is 4.34 Å². The molecule has 0 aliphatic carbocycles. The summed E-state index contributed by atoms with van der Waals surface area (Å²) in [4.78, 5) is 44.8. The van der Waals surface area contributed by atoms with E-state index in [9.17, 15) is 14.4 Å². The zero-order valence-electron chi connectivity index (χ0n) is 22.5. The van der Waals surface area contributed by atoms with Gasteiger partial charge in [0, 0.05) is 44.6 Å². The van der Waals surface area contributed by atoms with Gasteiger partial charge in [-0.25, -0.2) is 4.79 Å². The number of pyridine rings is 1. The number of nitrogens with zero attached hydrogens (tertiary/aromatic N) is 4. The van der Waals surface area contributed by atoms with Crippen LogP contribution in [-0.4, -0.2) is 91.9 Å². The van der Waals surface area contributed by atoms with E-state index in [4.69, 9.17) is 21.1 Å². The number of thiophene rings is 1. The largest absolute Gasteiger partial charge is 0.487 e. The van der Waals surface area contributed by atoms with E-state index in [2.05, 4.69) is 22.2 Å². The fraction of sp³-hybridized carbons (Fsp3) is 0.393. The number of carbonyl (C=O) groups excluding carboxylic acids is 2. The van der Waals surface area contributed by atoms with Crippen molar-refractivity contribution in [3.8, 4) is 11.4 Å². The lowest BCUT2D eigenvalue weighted by atomic mass is 10.1.